The fourth-order valence-corrected chi connectivity index (χ4v) is 3.98. The van der Waals surface area contributed by atoms with E-state index in [0.717, 1.165) is 30.2 Å². The molecular formula is C28H31F2N3O4. The third-order valence-electron chi connectivity index (χ3n) is 5.97. The fourth-order valence-electron chi connectivity index (χ4n) is 3.98. The Kier molecular flexibility index (Phi) is 9.71. The highest BCUT2D eigenvalue weighted by molar-refractivity contribution is 6.01. The van der Waals surface area contributed by atoms with Crippen LogP contribution in [0.2, 0.25) is 0 Å². The van der Waals surface area contributed by atoms with Gasteiger partial charge in [-0.3, -0.25) is 9.59 Å². The van der Waals surface area contributed by atoms with E-state index in [4.69, 9.17) is 0 Å². The summed E-state index contributed by atoms with van der Waals surface area (Å²) in [6, 6.07) is 13.9. The van der Waals surface area contributed by atoms with Gasteiger partial charge in [0.15, 0.2) is 0 Å². The second-order valence-corrected chi connectivity index (χ2v) is 8.74. The lowest BCUT2D eigenvalue weighted by atomic mass is 9.99. The zero-order valence-corrected chi connectivity index (χ0v) is 20.7. The number of aromatic hydroxyl groups is 1. The molecule has 0 radical (unpaired) electrons. The summed E-state index contributed by atoms with van der Waals surface area (Å²) in [4.78, 5) is 25.0. The van der Waals surface area contributed by atoms with E-state index in [1.54, 1.807) is 0 Å². The van der Waals surface area contributed by atoms with E-state index < -0.39 is 35.6 Å². The highest BCUT2D eigenvalue weighted by Crippen LogP contribution is 2.19. The van der Waals surface area contributed by atoms with Crippen molar-refractivity contribution in [3.05, 3.63) is 100 Å². The molecule has 0 aliphatic rings. The van der Waals surface area contributed by atoms with Crippen molar-refractivity contribution in [2.75, 3.05) is 13.6 Å². The Labute approximate surface area is 214 Å². The van der Waals surface area contributed by atoms with Gasteiger partial charge in [-0.05, 0) is 59.9 Å². The van der Waals surface area contributed by atoms with Crippen molar-refractivity contribution in [3.8, 4) is 5.75 Å². The van der Waals surface area contributed by atoms with Crippen LogP contribution in [0.4, 0.5) is 8.78 Å². The first-order valence-corrected chi connectivity index (χ1v) is 12.0. The molecule has 3 rings (SSSR count). The number of aliphatic hydroxyl groups is 1. The molecule has 196 valence electrons. The van der Waals surface area contributed by atoms with Crippen LogP contribution in [0, 0.1) is 11.6 Å². The molecule has 3 aromatic rings. The lowest BCUT2D eigenvalue weighted by Gasteiger charge is -2.25. The lowest BCUT2D eigenvalue weighted by Crippen LogP contribution is -2.48. The van der Waals surface area contributed by atoms with Crippen molar-refractivity contribution in [3.63, 3.8) is 0 Å². The van der Waals surface area contributed by atoms with Gasteiger partial charge in [0.1, 0.15) is 17.4 Å². The van der Waals surface area contributed by atoms with Gasteiger partial charge in [-0.25, -0.2) is 8.78 Å². The quantitative estimate of drug-likeness (QED) is 0.272. The molecule has 9 heteroatoms. The highest BCUT2D eigenvalue weighted by atomic mass is 19.1. The first kappa shape index (κ1) is 27.8. The van der Waals surface area contributed by atoms with Gasteiger partial charge < -0.3 is 26.2 Å². The lowest BCUT2D eigenvalue weighted by molar-refractivity contribution is 0.0830. The number of hydrogen-bond donors (Lipinski definition) is 5. The van der Waals surface area contributed by atoms with E-state index in [-0.39, 0.29) is 35.4 Å². The summed E-state index contributed by atoms with van der Waals surface area (Å²) < 4.78 is 27.6. The molecule has 7 nitrogen and oxygen atoms in total. The van der Waals surface area contributed by atoms with E-state index >= 15 is 0 Å². The van der Waals surface area contributed by atoms with Crippen molar-refractivity contribution < 1.29 is 28.6 Å². The molecule has 0 spiro atoms. The number of phenols is 1. The normalized spacial score (nSPS) is 12.6. The van der Waals surface area contributed by atoms with Gasteiger partial charge in [0.2, 0.25) is 0 Å². The van der Waals surface area contributed by atoms with Crippen LogP contribution in [0.15, 0.2) is 60.7 Å². The minimum absolute atomic E-state index is 0.0467. The molecule has 0 fully saturated rings. The van der Waals surface area contributed by atoms with Crippen molar-refractivity contribution in [1.82, 2.24) is 16.0 Å². The van der Waals surface area contributed by atoms with Crippen LogP contribution in [-0.4, -0.2) is 47.8 Å². The van der Waals surface area contributed by atoms with Crippen LogP contribution >= 0.6 is 0 Å². The van der Waals surface area contributed by atoms with Crippen LogP contribution < -0.4 is 16.0 Å². The van der Waals surface area contributed by atoms with E-state index in [1.807, 2.05) is 18.2 Å². The number of aryl methyl sites for hydroxylation is 1. The van der Waals surface area contributed by atoms with E-state index in [9.17, 15) is 28.6 Å². The topological polar surface area (TPSA) is 111 Å². The molecular weight excluding hydrogens is 480 g/mol. The molecule has 0 aliphatic heterocycles. The average molecular weight is 512 g/mol. The number of rotatable bonds is 11. The molecule has 0 heterocycles. The van der Waals surface area contributed by atoms with Crippen molar-refractivity contribution >= 4 is 11.8 Å². The molecule has 0 aliphatic carbocycles. The number of carbonyl (C=O) groups excluding carboxylic acids is 2. The van der Waals surface area contributed by atoms with Gasteiger partial charge >= 0.3 is 0 Å². The molecule has 0 saturated heterocycles. The number of benzene rings is 3. The average Bonchev–Trinajstić information content (AvgIpc) is 2.87. The van der Waals surface area contributed by atoms with Crippen molar-refractivity contribution in [2.24, 2.45) is 0 Å². The Morgan fingerprint density at radius 1 is 0.919 bits per heavy atom. The van der Waals surface area contributed by atoms with Crippen molar-refractivity contribution in [1.29, 1.82) is 0 Å². The molecule has 2 atom stereocenters. The number of amides is 2. The summed E-state index contributed by atoms with van der Waals surface area (Å²) in [5, 5.41) is 29.1. The second kappa shape index (κ2) is 12.9. The van der Waals surface area contributed by atoms with E-state index in [1.165, 1.54) is 30.8 Å². The van der Waals surface area contributed by atoms with Crippen LogP contribution in [0.25, 0.3) is 0 Å². The Balaban J connectivity index is 1.77. The van der Waals surface area contributed by atoms with Crippen LogP contribution in [0.3, 0.4) is 0 Å². The number of carbonyl (C=O) groups is 2. The summed E-state index contributed by atoms with van der Waals surface area (Å²) >= 11 is 0. The second-order valence-electron chi connectivity index (χ2n) is 8.74. The van der Waals surface area contributed by atoms with Crippen LogP contribution in [0.5, 0.6) is 5.75 Å². The number of aliphatic hydroxyl groups excluding tert-OH is 1. The Bertz CT molecular complexity index is 1230. The molecule has 0 saturated carbocycles. The first-order chi connectivity index (χ1) is 17.7. The molecule has 3 aromatic carbocycles. The minimum Gasteiger partial charge on any atom is -0.507 e. The smallest absolute Gasteiger partial charge is 0.254 e. The standard InChI is InChI=1S/C28H31F2N3O4/c1-3-17-5-4-6-18(9-17)15-32-16-26(35)24(12-19-10-21(29)14-22(30)11-19)33-27(36)20-7-8-25(34)23(13-20)28(37)31-2/h4-11,13-14,24,26,32,34-35H,3,12,15-16H2,1-2H3,(H,31,37)(H,33,36)/t24-,26+/m0/s1. The monoisotopic (exact) mass is 511 g/mol. The first-order valence-electron chi connectivity index (χ1n) is 12.0. The summed E-state index contributed by atoms with van der Waals surface area (Å²) in [6.45, 7) is 2.64. The Hall–Kier alpha value is -3.82. The molecule has 5 N–H and O–H groups in total. The largest absolute Gasteiger partial charge is 0.507 e. The Morgan fingerprint density at radius 2 is 1.62 bits per heavy atom. The molecule has 0 aromatic heterocycles. The van der Waals surface area contributed by atoms with Gasteiger partial charge in [0, 0.05) is 31.8 Å². The molecule has 2 amide bonds. The predicted molar refractivity (Wildman–Crippen MR) is 136 cm³/mol. The van der Waals surface area contributed by atoms with E-state index in [0.29, 0.717) is 6.54 Å². The number of nitrogens with one attached hydrogen (secondary N) is 3. The van der Waals surface area contributed by atoms with Crippen LogP contribution in [0.1, 0.15) is 44.3 Å². The van der Waals surface area contributed by atoms with Crippen molar-refractivity contribution in [2.45, 2.75) is 38.5 Å². The van der Waals surface area contributed by atoms with Gasteiger partial charge in [0.05, 0.1) is 17.7 Å². The zero-order valence-electron chi connectivity index (χ0n) is 20.7. The SMILES string of the molecule is CCc1cccc(CNC[C@@H](O)[C@H](Cc2cc(F)cc(F)c2)NC(=O)c2ccc(O)c(C(=O)NC)c2)c1. The van der Waals surface area contributed by atoms with Gasteiger partial charge in [0.25, 0.3) is 11.8 Å². The maximum absolute atomic E-state index is 13.8. The van der Waals surface area contributed by atoms with Crippen LogP contribution in [-0.2, 0) is 19.4 Å². The van der Waals surface area contributed by atoms with E-state index in [2.05, 4.69) is 28.9 Å². The molecule has 0 unspecified atom stereocenters. The maximum atomic E-state index is 13.8. The summed E-state index contributed by atoms with van der Waals surface area (Å²) in [5.74, 6) is -3.02. The predicted octanol–water partition coefficient (Wildman–Crippen LogP) is 3.08. The fraction of sp³-hybridized carbons (Fsp3) is 0.286. The summed E-state index contributed by atoms with van der Waals surface area (Å²) in [5.41, 5.74) is 2.46. The van der Waals surface area contributed by atoms with Gasteiger partial charge in [-0.2, -0.15) is 0 Å². The maximum Gasteiger partial charge on any atom is 0.254 e. The zero-order chi connectivity index (χ0) is 26.9. The number of hydrogen-bond acceptors (Lipinski definition) is 5. The van der Waals surface area contributed by atoms with Gasteiger partial charge in [-0.1, -0.05) is 31.2 Å². The minimum atomic E-state index is -1.11. The number of phenolic OH excluding ortho intramolecular Hbond substituents is 1. The summed E-state index contributed by atoms with van der Waals surface area (Å²) in [6.07, 6.45) is -0.261. The molecule has 37 heavy (non-hydrogen) atoms. The summed E-state index contributed by atoms with van der Waals surface area (Å²) in [7, 11) is 1.39. The number of halogens is 2. The third kappa shape index (κ3) is 7.83. The third-order valence-corrected chi connectivity index (χ3v) is 5.97. The highest BCUT2D eigenvalue weighted by Gasteiger charge is 2.24. The Morgan fingerprint density at radius 3 is 2.30 bits per heavy atom. The molecule has 0 bridgehead atoms. The van der Waals surface area contributed by atoms with Gasteiger partial charge in [-0.15, -0.1) is 0 Å².